The zero-order valence-electron chi connectivity index (χ0n) is 19.8. The van der Waals surface area contributed by atoms with Crippen molar-refractivity contribution in [2.24, 2.45) is 0 Å². The van der Waals surface area contributed by atoms with Gasteiger partial charge in [0.05, 0.1) is 30.1 Å². The molecule has 2 N–H and O–H groups in total. The van der Waals surface area contributed by atoms with Crippen LogP contribution in [0.2, 0.25) is 0 Å². The van der Waals surface area contributed by atoms with Gasteiger partial charge in [-0.15, -0.1) is 0 Å². The molecule has 33 heavy (non-hydrogen) atoms. The average Bonchev–Trinajstić information content (AvgIpc) is 3.17. The number of amides is 1. The number of aromatic nitrogens is 1. The second-order valence-corrected chi connectivity index (χ2v) is 9.30. The second kappa shape index (κ2) is 10.6. The Morgan fingerprint density at radius 2 is 2.06 bits per heavy atom. The van der Waals surface area contributed by atoms with Crippen LogP contribution in [0.3, 0.4) is 0 Å². The van der Waals surface area contributed by atoms with Gasteiger partial charge in [0.1, 0.15) is 11.9 Å². The van der Waals surface area contributed by atoms with Crippen molar-refractivity contribution in [2.75, 3.05) is 16.8 Å². The van der Waals surface area contributed by atoms with Crippen molar-refractivity contribution in [1.82, 2.24) is 4.98 Å². The molecule has 2 saturated heterocycles. The summed E-state index contributed by atoms with van der Waals surface area (Å²) in [5.41, 5.74) is 3.89. The van der Waals surface area contributed by atoms with E-state index in [1.54, 1.807) is 20.0 Å². The summed E-state index contributed by atoms with van der Waals surface area (Å²) in [6, 6.07) is 10.2. The van der Waals surface area contributed by atoms with Gasteiger partial charge >= 0.3 is 0 Å². The van der Waals surface area contributed by atoms with Gasteiger partial charge in [-0.1, -0.05) is 12.1 Å². The standard InChI is InChI=1S/C23H27N3O3.C3H8O.H2/c1-15-7-10-20(29-15)16-8-9-18-19(13-16)26(23(27)21-6-2-3-12-28-21)14-17-5-4-11-24-22(17)25-18;1-3(2)4;/h4-5,8-9,11,13,15,20-21H,2-3,6-7,10,12,14H2,1H3,(H,24,25);3-4H,1-2H3;1H/t15?,20?,21-;;/m1../s1. The number of rotatable bonds is 2. The summed E-state index contributed by atoms with van der Waals surface area (Å²) in [5.74, 6) is 0.828. The zero-order chi connectivity index (χ0) is 23.4. The lowest BCUT2D eigenvalue weighted by Gasteiger charge is -2.30. The molecule has 2 unspecified atom stereocenters. The third-order valence-corrected chi connectivity index (χ3v) is 6.11. The first-order chi connectivity index (χ1) is 15.9. The highest BCUT2D eigenvalue weighted by Crippen LogP contribution is 2.40. The predicted octanol–water partition coefficient (Wildman–Crippen LogP) is 5.11. The van der Waals surface area contributed by atoms with Crippen molar-refractivity contribution in [3.8, 4) is 0 Å². The lowest BCUT2D eigenvalue weighted by Crippen LogP contribution is -2.41. The summed E-state index contributed by atoms with van der Waals surface area (Å²) >= 11 is 0. The minimum absolute atomic E-state index is 0. The van der Waals surface area contributed by atoms with Crippen LogP contribution >= 0.6 is 0 Å². The van der Waals surface area contributed by atoms with Crippen LogP contribution in [0.4, 0.5) is 17.2 Å². The van der Waals surface area contributed by atoms with E-state index >= 15 is 0 Å². The van der Waals surface area contributed by atoms with E-state index in [2.05, 4.69) is 29.4 Å². The van der Waals surface area contributed by atoms with Gasteiger partial charge in [-0.2, -0.15) is 0 Å². The molecule has 5 rings (SSSR count). The summed E-state index contributed by atoms with van der Waals surface area (Å²) < 4.78 is 11.9. The molecule has 1 aromatic heterocycles. The zero-order valence-corrected chi connectivity index (χ0v) is 19.8. The molecule has 0 aliphatic carbocycles. The Bertz CT molecular complexity index is 962. The third kappa shape index (κ3) is 5.72. The normalized spacial score (nSPS) is 24.2. The van der Waals surface area contributed by atoms with Gasteiger partial charge in [-0.3, -0.25) is 4.79 Å². The molecular weight excluding hydrogens is 418 g/mol. The van der Waals surface area contributed by atoms with Crippen LogP contribution in [-0.4, -0.2) is 40.9 Å². The minimum Gasteiger partial charge on any atom is -0.394 e. The molecule has 0 saturated carbocycles. The summed E-state index contributed by atoms with van der Waals surface area (Å²) in [4.78, 5) is 19.8. The number of pyridine rings is 1. The van der Waals surface area contributed by atoms with Gasteiger partial charge in [0, 0.05) is 25.9 Å². The van der Waals surface area contributed by atoms with Crippen LogP contribution < -0.4 is 10.2 Å². The number of fused-ring (bicyclic) bond motifs is 2. The largest absolute Gasteiger partial charge is 0.394 e. The Kier molecular flexibility index (Phi) is 7.63. The SMILES string of the molecule is CC(C)O.CC1CCC(c2ccc3c(c2)N(C(=O)[C@H]2CCCCO2)Cc2cccnc2N3)O1.[HH]. The van der Waals surface area contributed by atoms with Crippen molar-refractivity contribution in [1.29, 1.82) is 0 Å². The number of benzene rings is 1. The van der Waals surface area contributed by atoms with E-state index in [-0.39, 0.29) is 31.7 Å². The van der Waals surface area contributed by atoms with Crippen molar-refractivity contribution in [2.45, 2.75) is 83.8 Å². The minimum atomic E-state index is -0.374. The first-order valence-corrected chi connectivity index (χ1v) is 12.0. The van der Waals surface area contributed by atoms with Crippen molar-refractivity contribution >= 4 is 23.1 Å². The van der Waals surface area contributed by atoms with Gasteiger partial charge in [0.15, 0.2) is 0 Å². The highest BCUT2D eigenvalue weighted by Gasteiger charge is 2.32. The maximum absolute atomic E-state index is 13.5. The molecule has 7 nitrogen and oxygen atoms in total. The Morgan fingerprint density at radius 3 is 2.76 bits per heavy atom. The van der Waals surface area contributed by atoms with E-state index in [1.165, 1.54) is 0 Å². The maximum Gasteiger partial charge on any atom is 0.256 e. The number of carbonyl (C=O) groups is 1. The molecule has 180 valence electrons. The molecule has 0 bridgehead atoms. The van der Waals surface area contributed by atoms with Crippen molar-refractivity contribution < 1.29 is 20.8 Å². The quantitative estimate of drug-likeness (QED) is 0.654. The fraction of sp³-hybridized carbons (Fsp3) is 0.538. The lowest BCUT2D eigenvalue weighted by molar-refractivity contribution is -0.132. The molecule has 0 radical (unpaired) electrons. The van der Waals surface area contributed by atoms with Crippen molar-refractivity contribution in [3.05, 3.63) is 47.7 Å². The molecule has 3 aliphatic rings. The highest BCUT2D eigenvalue weighted by atomic mass is 16.5. The van der Waals surface area contributed by atoms with Gasteiger partial charge in [0.2, 0.25) is 0 Å². The number of aliphatic hydroxyl groups excluding tert-OH is 1. The highest BCUT2D eigenvalue weighted by molar-refractivity contribution is 6.00. The van der Waals surface area contributed by atoms with Crippen LogP contribution in [-0.2, 0) is 20.8 Å². The number of aliphatic hydroxyl groups is 1. The Hall–Kier alpha value is -2.48. The molecule has 2 aromatic rings. The molecule has 7 heteroatoms. The van der Waals surface area contributed by atoms with Gasteiger partial charge in [-0.05, 0) is 76.6 Å². The molecule has 1 amide bonds. The summed E-state index contributed by atoms with van der Waals surface area (Å²) in [6.45, 7) is 6.69. The number of ether oxygens (including phenoxy) is 2. The van der Waals surface area contributed by atoms with Gasteiger partial charge < -0.3 is 24.8 Å². The monoisotopic (exact) mass is 455 g/mol. The van der Waals surface area contributed by atoms with Gasteiger partial charge in [0.25, 0.3) is 5.91 Å². The first-order valence-electron chi connectivity index (χ1n) is 12.0. The van der Waals surface area contributed by atoms with Crippen molar-refractivity contribution in [3.63, 3.8) is 0 Å². The number of hydrogen-bond donors (Lipinski definition) is 2. The maximum atomic E-state index is 13.5. The van der Waals surface area contributed by atoms with Crippen LogP contribution in [0.25, 0.3) is 0 Å². The number of hydrogen-bond acceptors (Lipinski definition) is 6. The predicted molar refractivity (Wildman–Crippen MR) is 131 cm³/mol. The number of carbonyl (C=O) groups excluding carboxylic acids is 1. The summed E-state index contributed by atoms with van der Waals surface area (Å²) in [7, 11) is 0. The molecule has 1 aromatic carbocycles. The van der Waals surface area contributed by atoms with E-state index < -0.39 is 0 Å². The van der Waals surface area contributed by atoms with Crippen LogP contribution in [0.1, 0.15) is 71.5 Å². The van der Waals surface area contributed by atoms with E-state index in [1.807, 2.05) is 23.1 Å². The molecule has 3 aliphatic heterocycles. The van der Waals surface area contributed by atoms with Crippen LogP contribution in [0.15, 0.2) is 36.5 Å². The number of nitrogens with one attached hydrogen (secondary N) is 1. The smallest absolute Gasteiger partial charge is 0.256 e. The lowest BCUT2D eigenvalue weighted by atomic mass is 10.0. The Labute approximate surface area is 197 Å². The van der Waals surface area contributed by atoms with E-state index in [0.717, 1.165) is 60.4 Å². The number of nitrogens with zero attached hydrogens (tertiary/aromatic N) is 2. The molecule has 3 atom stereocenters. The Balaban J connectivity index is 0.000000603. The molecule has 4 heterocycles. The molecular formula is C26H37N3O4. The molecule has 0 spiro atoms. The Morgan fingerprint density at radius 1 is 1.24 bits per heavy atom. The van der Waals surface area contributed by atoms with E-state index in [9.17, 15) is 4.79 Å². The fourth-order valence-electron chi connectivity index (χ4n) is 4.49. The summed E-state index contributed by atoms with van der Waals surface area (Å²) in [5, 5.41) is 11.5. The number of anilines is 3. The fourth-order valence-corrected chi connectivity index (χ4v) is 4.49. The average molecular weight is 456 g/mol. The van der Waals surface area contributed by atoms with Crippen LogP contribution in [0, 0.1) is 0 Å². The molecule has 2 fully saturated rings. The first kappa shape index (κ1) is 23.7. The van der Waals surface area contributed by atoms with E-state index in [4.69, 9.17) is 14.6 Å². The van der Waals surface area contributed by atoms with Crippen LogP contribution in [0.5, 0.6) is 0 Å². The van der Waals surface area contributed by atoms with E-state index in [0.29, 0.717) is 13.2 Å². The van der Waals surface area contributed by atoms with Gasteiger partial charge in [-0.25, -0.2) is 4.98 Å². The third-order valence-electron chi connectivity index (χ3n) is 6.11. The summed E-state index contributed by atoms with van der Waals surface area (Å²) in [6.07, 6.45) is 6.50. The topological polar surface area (TPSA) is 83.9 Å². The second-order valence-electron chi connectivity index (χ2n) is 9.30.